The van der Waals surface area contributed by atoms with Crippen LogP contribution >= 0.6 is 0 Å². The van der Waals surface area contributed by atoms with Gasteiger partial charge in [0, 0.05) is 13.1 Å². The van der Waals surface area contributed by atoms with E-state index < -0.39 is 0 Å². The highest BCUT2D eigenvalue weighted by molar-refractivity contribution is 4.99. The molecule has 70 valence electrons. The molecule has 1 spiro atoms. The predicted molar refractivity (Wildman–Crippen MR) is 50.4 cm³/mol. The molecule has 2 nitrogen and oxygen atoms in total. The highest BCUT2D eigenvalue weighted by Gasteiger charge is 2.48. The molecule has 0 aromatic carbocycles. The van der Waals surface area contributed by atoms with E-state index in [-0.39, 0.29) is 0 Å². The minimum atomic E-state index is 0.643. The lowest BCUT2D eigenvalue weighted by atomic mass is 9.58. The van der Waals surface area contributed by atoms with Crippen molar-refractivity contribution in [3.8, 4) is 0 Å². The average Bonchev–Trinajstić information content (AvgIpc) is 2.27. The van der Waals surface area contributed by atoms with Crippen LogP contribution in [0.1, 0.15) is 33.1 Å². The molecule has 2 N–H and O–H groups in total. The first-order valence-electron chi connectivity index (χ1n) is 5.11. The Morgan fingerprint density at radius 3 is 2.50 bits per heavy atom. The maximum Gasteiger partial charge on any atom is 0.0185 e. The Morgan fingerprint density at radius 2 is 2.08 bits per heavy atom. The monoisotopic (exact) mass is 168 g/mol. The second-order valence-electron chi connectivity index (χ2n) is 5.13. The lowest BCUT2D eigenvalue weighted by Crippen LogP contribution is -2.42. The third kappa shape index (κ3) is 1.27. The molecule has 0 bridgehead atoms. The van der Waals surface area contributed by atoms with Crippen LogP contribution in [0.3, 0.4) is 0 Å². The van der Waals surface area contributed by atoms with Gasteiger partial charge in [0.15, 0.2) is 0 Å². The summed E-state index contributed by atoms with van der Waals surface area (Å²) >= 11 is 0. The van der Waals surface area contributed by atoms with Crippen molar-refractivity contribution in [1.29, 1.82) is 0 Å². The van der Waals surface area contributed by atoms with Gasteiger partial charge in [0.05, 0.1) is 0 Å². The molecule has 0 atom stereocenters. The van der Waals surface area contributed by atoms with Crippen molar-refractivity contribution >= 4 is 0 Å². The van der Waals surface area contributed by atoms with Gasteiger partial charge in [-0.15, -0.1) is 0 Å². The smallest absolute Gasteiger partial charge is 0.0185 e. The van der Waals surface area contributed by atoms with Crippen LogP contribution in [-0.2, 0) is 0 Å². The summed E-state index contributed by atoms with van der Waals surface area (Å²) in [4.78, 5) is 0. The van der Waals surface area contributed by atoms with Gasteiger partial charge in [0.2, 0.25) is 0 Å². The third-order valence-corrected chi connectivity index (χ3v) is 3.80. The number of hydrazine groups is 1. The first-order chi connectivity index (χ1) is 5.61. The quantitative estimate of drug-likeness (QED) is 0.603. The normalized spacial score (nSPS) is 42.5. The van der Waals surface area contributed by atoms with Crippen molar-refractivity contribution in [2.75, 3.05) is 13.1 Å². The average molecular weight is 168 g/mol. The van der Waals surface area contributed by atoms with Gasteiger partial charge in [-0.25, -0.2) is 5.01 Å². The number of hydrogen-bond acceptors (Lipinski definition) is 2. The van der Waals surface area contributed by atoms with Crippen molar-refractivity contribution in [2.24, 2.45) is 23.1 Å². The van der Waals surface area contributed by atoms with Crippen LogP contribution in [0.4, 0.5) is 0 Å². The highest BCUT2D eigenvalue weighted by Crippen LogP contribution is 2.53. The van der Waals surface area contributed by atoms with Crippen LogP contribution in [0.25, 0.3) is 0 Å². The molecule has 2 aliphatic rings. The maximum atomic E-state index is 5.77. The van der Waals surface area contributed by atoms with Crippen molar-refractivity contribution in [3.63, 3.8) is 0 Å². The van der Waals surface area contributed by atoms with E-state index in [4.69, 9.17) is 5.84 Å². The molecule has 1 aliphatic heterocycles. The fourth-order valence-electron chi connectivity index (χ4n) is 2.83. The molecule has 0 unspecified atom stereocenters. The van der Waals surface area contributed by atoms with E-state index in [1.807, 2.05) is 5.01 Å². The first kappa shape index (κ1) is 8.52. The molecule has 1 saturated carbocycles. The Kier molecular flexibility index (Phi) is 1.92. The minimum absolute atomic E-state index is 0.643. The first-order valence-corrected chi connectivity index (χ1v) is 5.11. The van der Waals surface area contributed by atoms with Gasteiger partial charge in [-0.05, 0) is 36.5 Å². The van der Waals surface area contributed by atoms with E-state index in [2.05, 4.69) is 13.8 Å². The molecule has 1 heterocycles. The Bertz CT molecular complexity index is 171. The summed E-state index contributed by atoms with van der Waals surface area (Å²) in [6.07, 6.45) is 4.20. The third-order valence-electron chi connectivity index (χ3n) is 3.80. The van der Waals surface area contributed by atoms with Crippen molar-refractivity contribution in [3.05, 3.63) is 0 Å². The zero-order valence-corrected chi connectivity index (χ0v) is 8.21. The summed E-state index contributed by atoms with van der Waals surface area (Å²) in [7, 11) is 0. The molecule has 12 heavy (non-hydrogen) atoms. The Labute approximate surface area is 75.1 Å². The van der Waals surface area contributed by atoms with Crippen LogP contribution in [0.5, 0.6) is 0 Å². The van der Waals surface area contributed by atoms with E-state index in [0.717, 1.165) is 24.9 Å². The van der Waals surface area contributed by atoms with E-state index in [0.29, 0.717) is 5.41 Å². The molecular formula is C10H20N2. The van der Waals surface area contributed by atoms with E-state index in [1.54, 1.807) is 0 Å². The standard InChI is InChI=1S/C10H20N2/c1-8(2)9-5-10(6-9)3-4-12(11)7-10/h8-9H,3-7,11H2,1-2H3. The molecule has 2 heteroatoms. The molecular weight excluding hydrogens is 148 g/mol. The summed E-state index contributed by atoms with van der Waals surface area (Å²) < 4.78 is 0. The zero-order valence-electron chi connectivity index (χ0n) is 8.21. The number of hydrogen-bond donors (Lipinski definition) is 1. The number of nitrogens with two attached hydrogens (primary N) is 1. The summed E-state index contributed by atoms with van der Waals surface area (Å²) in [5, 5.41) is 2.00. The molecule has 1 aliphatic carbocycles. The van der Waals surface area contributed by atoms with E-state index in [1.165, 1.54) is 19.3 Å². The second kappa shape index (κ2) is 2.71. The summed E-state index contributed by atoms with van der Waals surface area (Å²) in [5.41, 5.74) is 0.643. The maximum absolute atomic E-state index is 5.77. The van der Waals surface area contributed by atoms with Crippen LogP contribution in [0.2, 0.25) is 0 Å². The Morgan fingerprint density at radius 1 is 1.42 bits per heavy atom. The van der Waals surface area contributed by atoms with E-state index >= 15 is 0 Å². The van der Waals surface area contributed by atoms with Crippen LogP contribution < -0.4 is 5.84 Å². The summed E-state index contributed by atoms with van der Waals surface area (Å²) in [6.45, 7) is 6.94. The van der Waals surface area contributed by atoms with Gasteiger partial charge in [0.1, 0.15) is 0 Å². The molecule has 0 aromatic rings. The molecule has 2 rings (SSSR count). The van der Waals surface area contributed by atoms with Crippen LogP contribution in [0, 0.1) is 17.3 Å². The van der Waals surface area contributed by atoms with Gasteiger partial charge in [0.25, 0.3) is 0 Å². The lowest BCUT2D eigenvalue weighted by molar-refractivity contribution is 0.0341. The van der Waals surface area contributed by atoms with Gasteiger partial charge >= 0.3 is 0 Å². The molecule has 2 fully saturated rings. The van der Waals surface area contributed by atoms with Crippen molar-refractivity contribution in [1.82, 2.24) is 5.01 Å². The molecule has 0 radical (unpaired) electrons. The second-order valence-corrected chi connectivity index (χ2v) is 5.13. The van der Waals surface area contributed by atoms with Crippen molar-refractivity contribution < 1.29 is 0 Å². The fourth-order valence-corrected chi connectivity index (χ4v) is 2.83. The van der Waals surface area contributed by atoms with Gasteiger partial charge in [-0.2, -0.15) is 0 Å². The summed E-state index contributed by atoms with van der Waals surface area (Å²) in [6, 6.07) is 0. The molecule has 1 saturated heterocycles. The van der Waals surface area contributed by atoms with Gasteiger partial charge < -0.3 is 0 Å². The van der Waals surface area contributed by atoms with Gasteiger partial charge in [-0.3, -0.25) is 5.84 Å². The fraction of sp³-hybridized carbons (Fsp3) is 1.00. The SMILES string of the molecule is CC(C)C1CC2(CCN(N)C2)C1. The topological polar surface area (TPSA) is 29.3 Å². The van der Waals surface area contributed by atoms with E-state index in [9.17, 15) is 0 Å². The Balaban J connectivity index is 1.87. The van der Waals surface area contributed by atoms with Crippen LogP contribution in [0.15, 0.2) is 0 Å². The molecule has 0 aromatic heterocycles. The highest BCUT2D eigenvalue weighted by atomic mass is 15.4. The Hall–Kier alpha value is -0.0800. The zero-order chi connectivity index (χ0) is 8.77. The predicted octanol–water partition coefficient (Wildman–Crippen LogP) is 1.62. The van der Waals surface area contributed by atoms with Crippen molar-refractivity contribution in [2.45, 2.75) is 33.1 Å². The largest absolute Gasteiger partial charge is 0.269 e. The van der Waals surface area contributed by atoms with Gasteiger partial charge in [-0.1, -0.05) is 13.8 Å². The molecule has 0 amide bonds. The number of nitrogens with zero attached hydrogens (tertiary/aromatic N) is 1. The summed E-state index contributed by atoms with van der Waals surface area (Å²) in [5.74, 6) is 7.63. The number of rotatable bonds is 1. The minimum Gasteiger partial charge on any atom is -0.269 e. The lowest BCUT2D eigenvalue weighted by Gasteiger charge is -2.47. The van der Waals surface area contributed by atoms with Crippen LogP contribution in [-0.4, -0.2) is 18.1 Å².